The molecule has 7 rings (SSSR count). The molecule has 5 heteroatoms. The van der Waals surface area contributed by atoms with E-state index in [-0.39, 0.29) is 23.0 Å². The summed E-state index contributed by atoms with van der Waals surface area (Å²) in [6.45, 7) is 20.6. The number of para-hydroxylation sites is 2. The largest absolute Gasteiger partial charge is 0.252 e. The molecule has 186 valence electrons. The number of fused-ring (bicyclic) bond motifs is 4. The van der Waals surface area contributed by atoms with Gasteiger partial charge in [0.2, 0.25) is 0 Å². The number of aromatic nitrogens is 4. The molecule has 2 aliphatic rings. The van der Waals surface area contributed by atoms with Crippen LogP contribution in [-0.2, 0) is 16.2 Å². The standard InChI is InChI=1S/C32H35BN4/c1-30(2,3)18-16-23-25-24(17-18)37-27-20(29(35-37)32(7,8)9)13-11-15-22(27)33(25)21-14-10-12-19-26(21)36(23)34-28(19)31(4,5)6/h10-17H,1-9H3. The van der Waals surface area contributed by atoms with Crippen LogP contribution in [0, 0.1) is 0 Å². The topological polar surface area (TPSA) is 35.6 Å². The summed E-state index contributed by atoms with van der Waals surface area (Å²) in [5.74, 6) is 0. The summed E-state index contributed by atoms with van der Waals surface area (Å²) in [5, 5.41) is 13.2. The number of benzene rings is 3. The maximum absolute atomic E-state index is 5.33. The fourth-order valence-electron chi connectivity index (χ4n) is 6.49. The van der Waals surface area contributed by atoms with Gasteiger partial charge in [-0.25, -0.2) is 9.36 Å². The summed E-state index contributed by atoms with van der Waals surface area (Å²) in [6.07, 6.45) is 0. The second-order valence-corrected chi connectivity index (χ2v) is 14.1. The molecule has 0 spiro atoms. The van der Waals surface area contributed by atoms with Crippen LogP contribution in [-0.4, -0.2) is 26.3 Å². The molecule has 2 aliphatic heterocycles. The van der Waals surface area contributed by atoms with Crippen LogP contribution in [0.3, 0.4) is 0 Å². The molecule has 2 aromatic heterocycles. The monoisotopic (exact) mass is 486 g/mol. The zero-order chi connectivity index (χ0) is 26.2. The van der Waals surface area contributed by atoms with Crippen molar-refractivity contribution in [1.29, 1.82) is 0 Å². The van der Waals surface area contributed by atoms with Crippen LogP contribution in [0.15, 0.2) is 48.5 Å². The van der Waals surface area contributed by atoms with E-state index in [9.17, 15) is 0 Å². The SMILES string of the molecule is CC(C)(C)c1cc2c3c(c1)-n1nc(C(C)(C)C)c4cccc(c41)B3c1cccc3c(C(C)(C)C)nn-2c13. The van der Waals surface area contributed by atoms with E-state index in [1.165, 1.54) is 55.1 Å². The lowest BCUT2D eigenvalue weighted by atomic mass is 9.34. The van der Waals surface area contributed by atoms with Gasteiger partial charge in [0.25, 0.3) is 6.71 Å². The van der Waals surface area contributed by atoms with Crippen LogP contribution in [0.4, 0.5) is 0 Å². The third kappa shape index (κ3) is 2.91. The van der Waals surface area contributed by atoms with Gasteiger partial charge in [-0.3, -0.25) is 0 Å². The Morgan fingerprint density at radius 3 is 1.41 bits per heavy atom. The summed E-state index contributed by atoms with van der Waals surface area (Å²) >= 11 is 0. The molecule has 0 unspecified atom stereocenters. The number of rotatable bonds is 0. The highest BCUT2D eigenvalue weighted by atomic mass is 15.3. The van der Waals surface area contributed by atoms with Crippen molar-refractivity contribution in [2.75, 3.05) is 0 Å². The Kier molecular flexibility index (Phi) is 4.16. The lowest BCUT2D eigenvalue weighted by Gasteiger charge is -2.33. The first-order chi connectivity index (χ1) is 17.3. The fourth-order valence-corrected chi connectivity index (χ4v) is 6.49. The molecule has 37 heavy (non-hydrogen) atoms. The molecule has 5 aromatic rings. The van der Waals surface area contributed by atoms with Gasteiger partial charge in [0.15, 0.2) is 0 Å². The molecule has 4 heterocycles. The first kappa shape index (κ1) is 22.8. The molecule has 3 aromatic carbocycles. The third-order valence-corrected chi connectivity index (χ3v) is 8.26. The first-order valence-electron chi connectivity index (χ1n) is 13.5. The Bertz CT molecular complexity index is 1660. The van der Waals surface area contributed by atoms with Gasteiger partial charge in [-0.2, -0.15) is 10.2 Å². The zero-order valence-electron chi connectivity index (χ0n) is 23.5. The van der Waals surface area contributed by atoms with Crippen LogP contribution >= 0.6 is 0 Å². The molecule has 0 saturated carbocycles. The van der Waals surface area contributed by atoms with E-state index in [1.54, 1.807) is 0 Å². The van der Waals surface area contributed by atoms with E-state index in [2.05, 4.69) is 120 Å². The van der Waals surface area contributed by atoms with E-state index < -0.39 is 0 Å². The van der Waals surface area contributed by atoms with Crippen LogP contribution in [0.2, 0.25) is 0 Å². The van der Waals surface area contributed by atoms with Crippen molar-refractivity contribution in [3.63, 3.8) is 0 Å². The summed E-state index contributed by atoms with van der Waals surface area (Å²) < 4.78 is 4.49. The summed E-state index contributed by atoms with van der Waals surface area (Å²) in [6, 6.07) is 18.4. The highest BCUT2D eigenvalue weighted by molar-refractivity contribution is 7.00. The maximum Gasteiger partial charge on any atom is 0.252 e. The van der Waals surface area contributed by atoms with Gasteiger partial charge in [0.05, 0.1) is 33.8 Å². The molecule has 0 radical (unpaired) electrons. The summed E-state index contributed by atoms with van der Waals surface area (Å²) in [7, 11) is 0. The summed E-state index contributed by atoms with van der Waals surface area (Å²) in [4.78, 5) is 0. The van der Waals surface area contributed by atoms with Gasteiger partial charge in [-0.05, 0) is 39.5 Å². The Morgan fingerprint density at radius 2 is 1.03 bits per heavy atom. The normalized spacial score (nSPS) is 14.6. The van der Waals surface area contributed by atoms with Gasteiger partial charge in [0.1, 0.15) is 0 Å². The number of hydrogen-bond donors (Lipinski definition) is 0. The predicted octanol–water partition coefficient (Wildman–Crippen LogP) is 5.40. The second kappa shape index (κ2) is 6.75. The van der Waals surface area contributed by atoms with Crippen molar-refractivity contribution < 1.29 is 0 Å². The van der Waals surface area contributed by atoms with Crippen molar-refractivity contribution in [2.24, 2.45) is 0 Å². The highest BCUT2D eigenvalue weighted by Gasteiger charge is 2.42. The molecule has 0 bridgehead atoms. The predicted molar refractivity (Wildman–Crippen MR) is 156 cm³/mol. The van der Waals surface area contributed by atoms with Crippen LogP contribution < -0.4 is 16.4 Å². The lowest BCUT2D eigenvalue weighted by Crippen LogP contribution is -2.59. The van der Waals surface area contributed by atoms with Gasteiger partial charge in [0, 0.05) is 21.6 Å². The van der Waals surface area contributed by atoms with Crippen molar-refractivity contribution in [1.82, 2.24) is 19.6 Å². The maximum atomic E-state index is 5.33. The average molecular weight is 486 g/mol. The highest BCUT2D eigenvalue weighted by Crippen LogP contribution is 2.38. The van der Waals surface area contributed by atoms with E-state index in [0.717, 1.165) is 11.4 Å². The molecule has 0 amide bonds. The van der Waals surface area contributed by atoms with E-state index >= 15 is 0 Å². The lowest BCUT2D eigenvalue weighted by molar-refractivity contribution is 0.563. The minimum absolute atomic E-state index is 0.00674. The Labute approximate surface area is 219 Å². The minimum atomic E-state index is -0.0543. The van der Waals surface area contributed by atoms with Gasteiger partial charge < -0.3 is 0 Å². The van der Waals surface area contributed by atoms with Crippen LogP contribution in [0.5, 0.6) is 0 Å². The average Bonchev–Trinajstić information content (AvgIpc) is 3.39. The fraction of sp³-hybridized carbons (Fsp3) is 0.375. The van der Waals surface area contributed by atoms with Crippen molar-refractivity contribution in [2.45, 2.75) is 78.6 Å². The van der Waals surface area contributed by atoms with Crippen molar-refractivity contribution in [3.05, 3.63) is 65.5 Å². The molecule has 0 aliphatic carbocycles. The zero-order valence-corrected chi connectivity index (χ0v) is 23.5. The molecule has 4 nitrogen and oxygen atoms in total. The smallest absolute Gasteiger partial charge is 0.234 e. The molecular weight excluding hydrogens is 451 g/mol. The Hall–Kier alpha value is -3.34. The molecular formula is C32H35BN4. The van der Waals surface area contributed by atoms with Crippen LogP contribution in [0.25, 0.3) is 33.2 Å². The van der Waals surface area contributed by atoms with Gasteiger partial charge in [-0.15, -0.1) is 0 Å². The first-order valence-corrected chi connectivity index (χ1v) is 13.5. The van der Waals surface area contributed by atoms with Gasteiger partial charge in [-0.1, -0.05) is 98.7 Å². The molecule has 0 atom stereocenters. The minimum Gasteiger partial charge on any atom is -0.234 e. The van der Waals surface area contributed by atoms with Crippen LogP contribution in [0.1, 0.15) is 79.3 Å². The molecule has 0 N–H and O–H groups in total. The van der Waals surface area contributed by atoms with E-state index in [0.29, 0.717) is 0 Å². The summed E-state index contributed by atoms with van der Waals surface area (Å²) in [5.41, 5.74) is 12.4. The quantitative estimate of drug-likeness (QED) is 0.269. The Balaban J connectivity index is 1.70. The van der Waals surface area contributed by atoms with Crippen molar-refractivity contribution in [3.8, 4) is 11.4 Å². The van der Waals surface area contributed by atoms with E-state index in [1.807, 2.05) is 0 Å². The second-order valence-electron chi connectivity index (χ2n) is 14.1. The van der Waals surface area contributed by atoms with Gasteiger partial charge >= 0.3 is 0 Å². The van der Waals surface area contributed by atoms with E-state index in [4.69, 9.17) is 10.2 Å². The Morgan fingerprint density at radius 1 is 0.595 bits per heavy atom. The number of nitrogens with zero attached hydrogens (tertiary/aromatic N) is 4. The molecule has 0 saturated heterocycles. The molecule has 0 fully saturated rings. The number of hydrogen-bond acceptors (Lipinski definition) is 2. The third-order valence-electron chi connectivity index (χ3n) is 8.26. The van der Waals surface area contributed by atoms with Crippen molar-refractivity contribution >= 4 is 44.9 Å².